The molecule has 2 aromatic heterocycles. The van der Waals surface area contributed by atoms with Crippen molar-refractivity contribution in [1.29, 1.82) is 0 Å². The molecule has 0 radical (unpaired) electrons. The highest BCUT2D eigenvalue weighted by molar-refractivity contribution is 9.10. The Hall–Kier alpha value is -1.76. The quantitative estimate of drug-likeness (QED) is 0.787. The van der Waals surface area contributed by atoms with Crippen LogP contribution in [0.15, 0.2) is 22.8 Å². The van der Waals surface area contributed by atoms with E-state index < -0.39 is 5.97 Å². The number of hydrogen-bond acceptors (Lipinski definition) is 5. The molecule has 0 aromatic carbocycles. The predicted octanol–water partition coefficient (Wildman–Crippen LogP) is 2.51. The maximum atomic E-state index is 11.8. The molecular formula is C13H15BrN4O2. The van der Waals surface area contributed by atoms with E-state index >= 15 is 0 Å². The van der Waals surface area contributed by atoms with Gasteiger partial charge in [0.1, 0.15) is 0 Å². The number of carbonyl (C=O) groups excluding carboxylic acids is 1. The first-order valence-corrected chi connectivity index (χ1v) is 6.81. The van der Waals surface area contributed by atoms with Gasteiger partial charge in [0.05, 0.1) is 17.3 Å². The summed E-state index contributed by atoms with van der Waals surface area (Å²) < 4.78 is 6.98. The Labute approximate surface area is 125 Å². The van der Waals surface area contributed by atoms with E-state index in [1.807, 2.05) is 20.8 Å². The fourth-order valence-corrected chi connectivity index (χ4v) is 2.85. The molecule has 2 aromatic rings. The highest BCUT2D eigenvalue weighted by Gasteiger charge is 2.30. The Balaban J connectivity index is 2.71. The maximum Gasteiger partial charge on any atom is 0.359 e. The van der Waals surface area contributed by atoms with Crippen molar-refractivity contribution >= 4 is 21.9 Å². The van der Waals surface area contributed by atoms with Crippen LogP contribution in [0.3, 0.4) is 0 Å². The smallest absolute Gasteiger partial charge is 0.359 e. The minimum Gasteiger partial charge on any atom is -0.464 e. The molecule has 0 atom stereocenters. The van der Waals surface area contributed by atoms with Crippen LogP contribution in [0, 0.1) is 0 Å². The molecule has 0 N–H and O–H groups in total. The highest BCUT2D eigenvalue weighted by Crippen LogP contribution is 2.33. The summed E-state index contributed by atoms with van der Waals surface area (Å²) in [7, 11) is 1.33. The molecular weight excluding hydrogens is 324 g/mol. The molecule has 0 unspecified atom stereocenters. The van der Waals surface area contributed by atoms with Gasteiger partial charge < -0.3 is 4.74 Å². The molecule has 0 saturated heterocycles. The maximum absolute atomic E-state index is 11.8. The molecule has 7 heteroatoms. The standard InChI is InChI=1S/C13H15BrN4O2/c1-13(2,3)11-9(14)10(12(19)20-4)17-18(11)8-6-5-7-15-16-8/h5-7H,1-4H3. The van der Waals surface area contributed by atoms with Crippen molar-refractivity contribution in [3.63, 3.8) is 0 Å². The predicted molar refractivity (Wildman–Crippen MR) is 76.9 cm³/mol. The first-order chi connectivity index (χ1) is 9.36. The van der Waals surface area contributed by atoms with Gasteiger partial charge in [-0.25, -0.2) is 9.48 Å². The summed E-state index contributed by atoms with van der Waals surface area (Å²) in [6.45, 7) is 6.09. The fraction of sp³-hybridized carbons (Fsp3) is 0.385. The third-order valence-corrected chi connectivity index (χ3v) is 3.44. The van der Waals surface area contributed by atoms with Crippen molar-refractivity contribution in [3.8, 4) is 5.82 Å². The summed E-state index contributed by atoms with van der Waals surface area (Å²) in [5, 5.41) is 12.2. The van der Waals surface area contributed by atoms with Crippen LogP contribution in [0.5, 0.6) is 0 Å². The van der Waals surface area contributed by atoms with Crippen molar-refractivity contribution in [2.75, 3.05) is 7.11 Å². The SMILES string of the molecule is COC(=O)c1nn(-c2cccnn2)c(C(C)(C)C)c1Br. The summed E-state index contributed by atoms with van der Waals surface area (Å²) in [6.07, 6.45) is 1.58. The Kier molecular flexibility index (Phi) is 3.89. The molecule has 0 spiro atoms. The summed E-state index contributed by atoms with van der Waals surface area (Å²) in [4.78, 5) is 11.8. The first kappa shape index (κ1) is 14.6. The number of ether oxygens (including phenoxy) is 1. The van der Waals surface area contributed by atoms with Crippen LogP contribution in [0.2, 0.25) is 0 Å². The Morgan fingerprint density at radius 1 is 1.40 bits per heavy atom. The average molecular weight is 339 g/mol. The lowest BCUT2D eigenvalue weighted by molar-refractivity contribution is 0.0592. The van der Waals surface area contributed by atoms with Gasteiger partial charge in [-0.05, 0) is 28.1 Å². The van der Waals surface area contributed by atoms with Crippen LogP contribution in [0.25, 0.3) is 5.82 Å². The van der Waals surface area contributed by atoms with E-state index in [0.29, 0.717) is 10.3 Å². The Morgan fingerprint density at radius 2 is 2.10 bits per heavy atom. The van der Waals surface area contributed by atoms with Crippen LogP contribution in [-0.4, -0.2) is 33.1 Å². The van der Waals surface area contributed by atoms with Gasteiger partial charge in [0.25, 0.3) is 0 Å². The zero-order valence-electron chi connectivity index (χ0n) is 11.7. The van der Waals surface area contributed by atoms with Crippen molar-refractivity contribution in [2.24, 2.45) is 0 Å². The van der Waals surface area contributed by atoms with Gasteiger partial charge in [-0.2, -0.15) is 10.2 Å². The number of halogens is 1. The lowest BCUT2D eigenvalue weighted by atomic mass is 9.92. The minimum absolute atomic E-state index is 0.225. The second-order valence-electron chi connectivity index (χ2n) is 5.25. The lowest BCUT2D eigenvalue weighted by Crippen LogP contribution is -2.18. The van der Waals surface area contributed by atoms with Gasteiger partial charge >= 0.3 is 5.97 Å². The molecule has 0 amide bonds. The van der Waals surface area contributed by atoms with Crippen molar-refractivity contribution in [2.45, 2.75) is 26.2 Å². The van der Waals surface area contributed by atoms with Crippen molar-refractivity contribution in [1.82, 2.24) is 20.0 Å². The largest absolute Gasteiger partial charge is 0.464 e. The number of carbonyl (C=O) groups is 1. The first-order valence-electron chi connectivity index (χ1n) is 6.01. The number of aromatic nitrogens is 4. The molecule has 0 fully saturated rings. The zero-order valence-corrected chi connectivity index (χ0v) is 13.3. The number of rotatable bonds is 2. The van der Waals surface area contributed by atoms with E-state index in [1.54, 1.807) is 23.0 Å². The molecule has 0 saturated carbocycles. The van der Waals surface area contributed by atoms with E-state index in [-0.39, 0.29) is 11.1 Å². The topological polar surface area (TPSA) is 69.9 Å². The Morgan fingerprint density at radius 3 is 2.60 bits per heavy atom. The lowest BCUT2D eigenvalue weighted by Gasteiger charge is -2.20. The molecule has 0 aliphatic heterocycles. The van der Waals surface area contributed by atoms with Crippen LogP contribution < -0.4 is 0 Å². The van der Waals surface area contributed by atoms with Crippen LogP contribution in [0.1, 0.15) is 37.0 Å². The zero-order chi connectivity index (χ0) is 14.9. The van der Waals surface area contributed by atoms with Crippen molar-refractivity contribution in [3.05, 3.63) is 34.2 Å². The Bertz CT molecular complexity index is 632. The monoisotopic (exact) mass is 338 g/mol. The van der Waals surface area contributed by atoms with E-state index in [4.69, 9.17) is 4.74 Å². The third-order valence-electron chi connectivity index (χ3n) is 2.69. The van der Waals surface area contributed by atoms with E-state index in [0.717, 1.165) is 5.69 Å². The van der Waals surface area contributed by atoms with E-state index in [1.165, 1.54) is 7.11 Å². The van der Waals surface area contributed by atoms with Gasteiger partial charge in [0.15, 0.2) is 11.5 Å². The van der Waals surface area contributed by atoms with E-state index in [2.05, 4.69) is 31.2 Å². The van der Waals surface area contributed by atoms with Crippen LogP contribution in [-0.2, 0) is 10.2 Å². The minimum atomic E-state index is -0.495. The van der Waals surface area contributed by atoms with E-state index in [9.17, 15) is 4.79 Å². The number of hydrogen-bond donors (Lipinski definition) is 0. The normalized spacial score (nSPS) is 11.4. The van der Waals surface area contributed by atoms with Crippen LogP contribution in [0.4, 0.5) is 0 Å². The fourth-order valence-electron chi connectivity index (χ4n) is 1.85. The van der Waals surface area contributed by atoms with Gasteiger partial charge in [-0.3, -0.25) is 0 Å². The molecule has 2 rings (SSSR count). The summed E-state index contributed by atoms with van der Waals surface area (Å²) >= 11 is 3.44. The second kappa shape index (κ2) is 5.32. The van der Waals surface area contributed by atoms with Crippen molar-refractivity contribution < 1.29 is 9.53 Å². The second-order valence-corrected chi connectivity index (χ2v) is 6.04. The van der Waals surface area contributed by atoms with Gasteiger partial charge in [-0.1, -0.05) is 20.8 Å². The average Bonchev–Trinajstić information content (AvgIpc) is 2.76. The molecule has 20 heavy (non-hydrogen) atoms. The summed E-state index contributed by atoms with van der Waals surface area (Å²) in [6, 6.07) is 3.55. The van der Waals surface area contributed by atoms with Gasteiger partial charge in [0.2, 0.25) is 0 Å². The van der Waals surface area contributed by atoms with Gasteiger partial charge in [-0.15, -0.1) is 5.10 Å². The van der Waals surface area contributed by atoms with Gasteiger partial charge in [0, 0.05) is 11.6 Å². The molecule has 0 aliphatic rings. The highest BCUT2D eigenvalue weighted by atomic mass is 79.9. The van der Waals surface area contributed by atoms with Crippen LogP contribution >= 0.6 is 15.9 Å². The molecule has 2 heterocycles. The third kappa shape index (κ3) is 2.58. The molecule has 106 valence electrons. The number of esters is 1. The summed E-state index contributed by atoms with van der Waals surface area (Å²) in [5.41, 5.74) is 0.816. The molecule has 0 aliphatic carbocycles. The molecule has 0 bridgehead atoms. The number of methoxy groups -OCH3 is 1. The number of nitrogens with zero attached hydrogens (tertiary/aromatic N) is 4. The summed E-state index contributed by atoms with van der Waals surface area (Å²) in [5.74, 6) is 0.0540. The molecule has 6 nitrogen and oxygen atoms in total.